The molecule has 9 heteroatoms. The molecule has 0 aliphatic rings. The van der Waals surface area contributed by atoms with Gasteiger partial charge in [0.05, 0.1) is 6.54 Å². The van der Waals surface area contributed by atoms with E-state index in [0.717, 1.165) is 6.20 Å². The third kappa shape index (κ3) is 5.59. The Morgan fingerprint density at radius 1 is 1.36 bits per heavy atom. The van der Waals surface area contributed by atoms with Crippen molar-refractivity contribution in [2.75, 3.05) is 11.9 Å². The van der Waals surface area contributed by atoms with Gasteiger partial charge in [-0.1, -0.05) is 17.7 Å². The number of benzene rings is 1. The fraction of sp³-hybridized carbons (Fsp3) is 0.312. The number of anilines is 2. The summed E-state index contributed by atoms with van der Waals surface area (Å²) in [5, 5.41) is 5.95. The van der Waals surface area contributed by atoms with E-state index >= 15 is 0 Å². The number of nitrogens with one attached hydrogen (secondary N) is 2. The van der Waals surface area contributed by atoms with Gasteiger partial charge in [0.1, 0.15) is 0 Å². The second-order valence-corrected chi connectivity index (χ2v) is 5.75. The maximum atomic E-state index is 13.3. The Kier molecular flexibility index (Phi) is 6.17. The zero-order chi connectivity index (χ0) is 18.4. The number of rotatable bonds is 6. The van der Waals surface area contributed by atoms with Crippen molar-refractivity contribution in [3.8, 4) is 0 Å². The summed E-state index contributed by atoms with van der Waals surface area (Å²) in [5.41, 5.74) is -0.617. The Bertz CT molecular complexity index is 773. The topological polar surface area (TPSA) is 54.2 Å². The fourth-order valence-electron chi connectivity index (χ4n) is 2.00. The number of hydrogen-bond donors (Lipinski definition) is 2. The molecule has 1 unspecified atom stereocenters. The number of aromatic nitrogens is 2. The van der Waals surface area contributed by atoms with Crippen LogP contribution in [-0.2, 0) is 12.7 Å². The second kappa shape index (κ2) is 8.14. The van der Waals surface area contributed by atoms with E-state index in [9.17, 15) is 13.2 Å². The Balaban J connectivity index is 2.20. The highest BCUT2D eigenvalue weighted by molar-refractivity contribution is 6.30. The van der Waals surface area contributed by atoms with E-state index in [4.69, 9.17) is 18.2 Å². The van der Waals surface area contributed by atoms with Crippen molar-refractivity contribution in [2.24, 2.45) is 0 Å². The minimum atomic E-state index is -4.61. The first-order chi connectivity index (χ1) is 11.8. The third-order valence-corrected chi connectivity index (χ3v) is 3.42. The highest BCUT2D eigenvalue weighted by Crippen LogP contribution is 2.31. The van der Waals surface area contributed by atoms with Crippen LogP contribution in [0.1, 0.15) is 18.2 Å². The molecule has 1 atom stereocenters. The van der Waals surface area contributed by atoms with E-state index in [0.29, 0.717) is 10.7 Å². The van der Waals surface area contributed by atoms with E-state index < -0.39 is 11.9 Å². The summed E-state index contributed by atoms with van der Waals surface area (Å²) in [5.74, 6) is -0.173. The molecular formula is C16H15ClF3N5. The molecular weight excluding hydrogens is 355 g/mol. The zero-order valence-corrected chi connectivity index (χ0v) is 14.0. The van der Waals surface area contributed by atoms with Crippen LogP contribution in [0.3, 0.4) is 0 Å². The second-order valence-electron chi connectivity index (χ2n) is 5.31. The smallest absolute Gasteiger partial charge is 0.324 e. The largest absolute Gasteiger partial charge is 0.433 e. The van der Waals surface area contributed by atoms with Gasteiger partial charge in [-0.2, -0.15) is 13.2 Å². The third-order valence-electron chi connectivity index (χ3n) is 3.19. The molecule has 0 bridgehead atoms. The minimum Gasteiger partial charge on any atom is -0.324 e. The lowest BCUT2D eigenvalue weighted by molar-refractivity contribution is -0.141. The SMILES string of the molecule is [C-]#[N+]C(C)CNCc1cnc(Nc2cccc(Cl)c2)nc1C(F)(F)F. The van der Waals surface area contributed by atoms with E-state index in [-0.39, 0.29) is 30.6 Å². The van der Waals surface area contributed by atoms with Gasteiger partial charge in [-0.15, -0.1) is 0 Å². The molecule has 0 radical (unpaired) electrons. The standard InChI is InChI=1S/C16H15ClF3N5/c1-10(21-2)7-22-8-11-9-23-15(25-14(11)16(18,19)20)24-13-5-3-4-12(17)6-13/h3-6,9-10,22H,7-8H2,1H3,(H,23,24,25). The summed E-state index contributed by atoms with van der Waals surface area (Å²) < 4.78 is 39.8. The van der Waals surface area contributed by atoms with Crippen molar-refractivity contribution >= 4 is 23.2 Å². The van der Waals surface area contributed by atoms with Gasteiger partial charge >= 0.3 is 6.18 Å². The van der Waals surface area contributed by atoms with Crippen LogP contribution in [0.15, 0.2) is 30.5 Å². The molecule has 132 valence electrons. The average Bonchev–Trinajstić information content (AvgIpc) is 2.55. The van der Waals surface area contributed by atoms with Crippen LogP contribution in [0.25, 0.3) is 4.85 Å². The summed E-state index contributed by atoms with van der Waals surface area (Å²) in [6, 6.07) is 6.18. The molecule has 0 saturated heterocycles. The van der Waals surface area contributed by atoms with Crippen molar-refractivity contribution in [1.82, 2.24) is 15.3 Å². The van der Waals surface area contributed by atoms with Gasteiger partial charge in [0, 0.05) is 35.9 Å². The Hall–Kier alpha value is -2.37. The zero-order valence-electron chi connectivity index (χ0n) is 13.2. The number of alkyl halides is 3. The van der Waals surface area contributed by atoms with Crippen molar-refractivity contribution in [3.05, 3.63) is 58.2 Å². The highest BCUT2D eigenvalue weighted by atomic mass is 35.5. The van der Waals surface area contributed by atoms with Crippen LogP contribution in [0.2, 0.25) is 5.02 Å². The predicted octanol–water partition coefficient (Wildman–Crippen LogP) is 4.29. The summed E-state index contributed by atoms with van der Waals surface area (Å²) in [6.45, 7) is 8.73. The Labute approximate surface area is 148 Å². The van der Waals surface area contributed by atoms with Gasteiger partial charge < -0.3 is 15.5 Å². The molecule has 1 aromatic carbocycles. The molecule has 1 heterocycles. The highest BCUT2D eigenvalue weighted by Gasteiger charge is 2.36. The monoisotopic (exact) mass is 369 g/mol. The predicted molar refractivity (Wildman–Crippen MR) is 89.5 cm³/mol. The molecule has 5 nitrogen and oxygen atoms in total. The van der Waals surface area contributed by atoms with Gasteiger partial charge in [0.2, 0.25) is 12.0 Å². The normalized spacial score (nSPS) is 12.5. The van der Waals surface area contributed by atoms with Crippen LogP contribution in [0.5, 0.6) is 0 Å². The van der Waals surface area contributed by atoms with Gasteiger partial charge in [-0.05, 0) is 18.2 Å². The van der Waals surface area contributed by atoms with Crippen LogP contribution in [0.4, 0.5) is 24.8 Å². The number of halogens is 4. The summed E-state index contributed by atoms with van der Waals surface area (Å²) >= 11 is 5.84. The van der Waals surface area contributed by atoms with E-state index in [1.54, 1.807) is 31.2 Å². The van der Waals surface area contributed by atoms with Crippen molar-refractivity contribution in [3.63, 3.8) is 0 Å². The summed E-state index contributed by atoms with van der Waals surface area (Å²) in [4.78, 5) is 10.8. The molecule has 0 spiro atoms. The lowest BCUT2D eigenvalue weighted by atomic mass is 10.2. The quantitative estimate of drug-likeness (QED) is 0.746. The Morgan fingerprint density at radius 3 is 2.76 bits per heavy atom. The van der Waals surface area contributed by atoms with E-state index in [1.807, 2.05) is 0 Å². The molecule has 2 N–H and O–H groups in total. The Morgan fingerprint density at radius 2 is 2.12 bits per heavy atom. The first-order valence-electron chi connectivity index (χ1n) is 7.32. The van der Waals surface area contributed by atoms with Crippen molar-refractivity contribution < 1.29 is 13.2 Å². The molecule has 0 fully saturated rings. The number of nitrogens with zero attached hydrogens (tertiary/aromatic N) is 3. The van der Waals surface area contributed by atoms with Crippen LogP contribution in [-0.4, -0.2) is 22.6 Å². The van der Waals surface area contributed by atoms with Crippen LogP contribution < -0.4 is 10.6 Å². The molecule has 2 aromatic rings. The van der Waals surface area contributed by atoms with Crippen LogP contribution in [0, 0.1) is 6.57 Å². The summed E-state index contributed by atoms with van der Waals surface area (Å²) in [7, 11) is 0. The lowest BCUT2D eigenvalue weighted by Crippen LogP contribution is -2.24. The van der Waals surface area contributed by atoms with Gasteiger partial charge in [-0.3, -0.25) is 0 Å². The average molecular weight is 370 g/mol. The van der Waals surface area contributed by atoms with Gasteiger partial charge in [0.25, 0.3) is 0 Å². The molecule has 1 aromatic heterocycles. The molecule has 0 aliphatic carbocycles. The van der Waals surface area contributed by atoms with Crippen molar-refractivity contribution in [2.45, 2.75) is 25.7 Å². The fourth-order valence-corrected chi connectivity index (χ4v) is 2.19. The van der Waals surface area contributed by atoms with Gasteiger partial charge in [-0.25, -0.2) is 16.5 Å². The maximum Gasteiger partial charge on any atom is 0.433 e. The van der Waals surface area contributed by atoms with Crippen LogP contribution >= 0.6 is 11.6 Å². The van der Waals surface area contributed by atoms with Gasteiger partial charge in [0.15, 0.2) is 5.69 Å². The first-order valence-corrected chi connectivity index (χ1v) is 7.70. The minimum absolute atomic E-state index is 0.0772. The maximum absolute atomic E-state index is 13.3. The molecule has 0 saturated carbocycles. The summed E-state index contributed by atoms with van der Waals surface area (Å²) in [6.07, 6.45) is -3.49. The number of hydrogen-bond acceptors (Lipinski definition) is 4. The molecule has 25 heavy (non-hydrogen) atoms. The van der Waals surface area contributed by atoms with E-state index in [1.165, 1.54) is 0 Å². The van der Waals surface area contributed by atoms with E-state index in [2.05, 4.69) is 25.4 Å². The molecule has 0 amide bonds. The van der Waals surface area contributed by atoms with Crippen molar-refractivity contribution in [1.29, 1.82) is 0 Å². The first kappa shape index (κ1) is 19.0. The lowest BCUT2D eigenvalue weighted by Gasteiger charge is -2.14. The molecule has 0 aliphatic heterocycles. The molecule has 2 rings (SSSR count).